The van der Waals surface area contributed by atoms with E-state index in [9.17, 15) is 4.79 Å². The Morgan fingerprint density at radius 2 is 2.22 bits per heavy atom. The Hall–Kier alpha value is -1.97. The lowest BCUT2D eigenvalue weighted by Crippen LogP contribution is -2.24. The van der Waals surface area contributed by atoms with E-state index in [-0.39, 0.29) is 11.9 Å². The van der Waals surface area contributed by atoms with Gasteiger partial charge in [-0.05, 0) is 31.5 Å². The van der Waals surface area contributed by atoms with Gasteiger partial charge in [-0.15, -0.1) is 6.58 Å². The van der Waals surface area contributed by atoms with Gasteiger partial charge >= 0.3 is 0 Å². The van der Waals surface area contributed by atoms with Gasteiger partial charge in [0, 0.05) is 31.5 Å². The third-order valence-electron chi connectivity index (χ3n) is 2.60. The molecule has 1 aromatic carbocycles. The molecule has 0 saturated carbocycles. The van der Waals surface area contributed by atoms with E-state index < -0.39 is 0 Å². The zero-order valence-electron chi connectivity index (χ0n) is 11.2. The van der Waals surface area contributed by atoms with Gasteiger partial charge in [0.15, 0.2) is 0 Å². The fraction of sp³-hybridized carbons (Fsp3) is 0.357. The number of carbonyl (C=O) groups excluding carboxylic acids is 1. The van der Waals surface area contributed by atoms with Crippen molar-refractivity contribution in [1.29, 1.82) is 0 Å². The molecule has 98 valence electrons. The summed E-state index contributed by atoms with van der Waals surface area (Å²) in [5, 5.41) is 3.29. The number of benzene rings is 1. The molecule has 0 fully saturated rings. The van der Waals surface area contributed by atoms with E-state index in [2.05, 4.69) is 11.9 Å². The van der Waals surface area contributed by atoms with Crippen LogP contribution in [0, 0.1) is 0 Å². The first kappa shape index (κ1) is 14.1. The Bertz CT molecular complexity index is 441. The normalized spacial score (nSPS) is 11.7. The standard InChI is InChI=1S/C14H21N3O/c1-5-6-10(2)16-13-9-11(15)7-8-12(13)14(18)17(3)4/h5,7-10,16H,1,6,15H2,2-4H3. The third kappa shape index (κ3) is 3.52. The average Bonchev–Trinajstić information content (AvgIpc) is 2.28. The fourth-order valence-electron chi connectivity index (χ4n) is 1.68. The predicted octanol–water partition coefficient (Wildman–Crippen LogP) is 2.35. The molecule has 0 saturated heterocycles. The average molecular weight is 247 g/mol. The summed E-state index contributed by atoms with van der Waals surface area (Å²) in [6.45, 7) is 5.74. The second-order valence-corrected chi connectivity index (χ2v) is 4.57. The summed E-state index contributed by atoms with van der Waals surface area (Å²) in [4.78, 5) is 13.6. The van der Waals surface area contributed by atoms with Crippen LogP contribution in [-0.2, 0) is 0 Å². The molecule has 0 radical (unpaired) electrons. The van der Waals surface area contributed by atoms with Crippen LogP contribution in [0.4, 0.5) is 11.4 Å². The van der Waals surface area contributed by atoms with Crippen molar-refractivity contribution in [3.8, 4) is 0 Å². The van der Waals surface area contributed by atoms with Gasteiger partial charge in [-0.2, -0.15) is 0 Å². The van der Waals surface area contributed by atoms with E-state index in [1.165, 1.54) is 0 Å². The van der Waals surface area contributed by atoms with Crippen LogP contribution in [0.25, 0.3) is 0 Å². The number of hydrogen-bond donors (Lipinski definition) is 2. The van der Waals surface area contributed by atoms with E-state index in [4.69, 9.17) is 5.73 Å². The molecule has 0 spiro atoms. The molecule has 0 bridgehead atoms. The number of amides is 1. The van der Waals surface area contributed by atoms with E-state index in [0.29, 0.717) is 11.3 Å². The second kappa shape index (κ2) is 6.10. The molecule has 1 rings (SSSR count). The van der Waals surface area contributed by atoms with Gasteiger partial charge < -0.3 is 16.0 Å². The highest BCUT2D eigenvalue weighted by Gasteiger charge is 2.14. The SMILES string of the molecule is C=CCC(C)Nc1cc(N)ccc1C(=O)N(C)C. The van der Waals surface area contributed by atoms with Gasteiger partial charge in [-0.1, -0.05) is 6.08 Å². The van der Waals surface area contributed by atoms with E-state index in [1.807, 2.05) is 13.0 Å². The molecule has 0 aliphatic carbocycles. The number of nitrogens with zero attached hydrogens (tertiary/aromatic N) is 1. The van der Waals surface area contributed by atoms with Crippen LogP contribution < -0.4 is 11.1 Å². The molecule has 1 amide bonds. The lowest BCUT2D eigenvalue weighted by Gasteiger charge is -2.19. The molecule has 18 heavy (non-hydrogen) atoms. The zero-order chi connectivity index (χ0) is 13.7. The molecular weight excluding hydrogens is 226 g/mol. The van der Waals surface area contributed by atoms with Crippen LogP contribution in [0.15, 0.2) is 30.9 Å². The highest BCUT2D eigenvalue weighted by molar-refractivity contribution is 6.00. The van der Waals surface area contributed by atoms with E-state index in [1.54, 1.807) is 37.2 Å². The number of nitrogens with two attached hydrogens (primary N) is 1. The summed E-state index contributed by atoms with van der Waals surface area (Å²) in [6.07, 6.45) is 2.67. The van der Waals surface area contributed by atoms with Crippen molar-refractivity contribution in [3.05, 3.63) is 36.4 Å². The summed E-state index contributed by atoms with van der Waals surface area (Å²) in [5.74, 6) is -0.0386. The minimum atomic E-state index is -0.0386. The lowest BCUT2D eigenvalue weighted by molar-refractivity contribution is 0.0828. The van der Waals surface area contributed by atoms with Crippen molar-refractivity contribution in [3.63, 3.8) is 0 Å². The number of rotatable bonds is 5. The molecule has 1 aromatic rings. The molecular formula is C14H21N3O. The third-order valence-corrected chi connectivity index (χ3v) is 2.60. The fourth-order valence-corrected chi connectivity index (χ4v) is 1.68. The van der Waals surface area contributed by atoms with Crippen LogP contribution in [0.3, 0.4) is 0 Å². The molecule has 4 heteroatoms. The summed E-state index contributed by atoms with van der Waals surface area (Å²) < 4.78 is 0. The Balaban J connectivity index is 3.03. The molecule has 0 aliphatic heterocycles. The van der Waals surface area contributed by atoms with Crippen molar-refractivity contribution in [1.82, 2.24) is 4.90 Å². The highest BCUT2D eigenvalue weighted by atomic mass is 16.2. The van der Waals surface area contributed by atoms with Gasteiger partial charge in [0.25, 0.3) is 5.91 Å². The van der Waals surface area contributed by atoms with Gasteiger partial charge in [-0.3, -0.25) is 4.79 Å². The van der Waals surface area contributed by atoms with Gasteiger partial charge in [0.1, 0.15) is 0 Å². The minimum Gasteiger partial charge on any atom is -0.399 e. The first-order chi connectivity index (χ1) is 8.45. The first-order valence-electron chi connectivity index (χ1n) is 5.94. The topological polar surface area (TPSA) is 58.4 Å². The maximum atomic E-state index is 12.0. The molecule has 1 atom stereocenters. The van der Waals surface area contributed by atoms with Crippen molar-refractivity contribution >= 4 is 17.3 Å². The number of anilines is 2. The monoisotopic (exact) mass is 247 g/mol. The quantitative estimate of drug-likeness (QED) is 0.620. The van der Waals surface area contributed by atoms with Crippen LogP contribution in [0.2, 0.25) is 0 Å². The maximum Gasteiger partial charge on any atom is 0.255 e. The van der Waals surface area contributed by atoms with Crippen molar-refractivity contribution in [2.75, 3.05) is 25.1 Å². The number of nitrogen functional groups attached to an aromatic ring is 1. The zero-order valence-corrected chi connectivity index (χ0v) is 11.2. The Morgan fingerprint density at radius 3 is 2.78 bits per heavy atom. The predicted molar refractivity (Wildman–Crippen MR) is 76.8 cm³/mol. The molecule has 0 heterocycles. The molecule has 1 unspecified atom stereocenters. The Kier molecular flexibility index (Phi) is 4.77. The molecule has 0 aromatic heterocycles. The van der Waals surface area contributed by atoms with Crippen molar-refractivity contribution in [2.24, 2.45) is 0 Å². The number of carbonyl (C=O) groups is 1. The Morgan fingerprint density at radius 1 is 1.56 bits per heavy atom. The van der Waals surface area contributed by atoms with E-state index in [0.717, 1.165) is 12.1 Å². The highest BCUT2D eigenvalue weighted by Crippen LogP contribution is 2.21. The molecule has 3 N–H and O–H groups in total. The summed E-state index contributed by atoms with van der Waals surface area (Å²) in [5.41, 5.74) is 7.80. The van der Waals surface area contributed by atoms with Gasteiger partial charge in [0.05, 0.1) is 5.56 Å². The van der Waals surface area contributed by atoms with Crippen molar-refractivity contribution in [2.45, 2.75) is 19.4 Å². The van der Waals surface area contributed by atoms with Crippen LogP contribution in [0.1, 0.15) is 23.7 Å². The van der Waals surface area contributed by atoms with Gasteiger partial charge in [0.2, 0.25) is 0 Å². The summed E-state index contributed by atoms with van der Waals surface area (Å²) in [7, 11) is 3.46. The molecule has 4 nitrogen and oxygen atoms in total. The van der Waals surface area contributed by atoms with Gasteiger partial charge in [-0.25, -0.2) is 0 Å². The van der Waals surface area contributed by atoms with Crippen LogP contribution in [0.5, 0.6) is 0 Å². The number of hydrogen-bond acceptors (Lipinski definition) is 3. The molecule has 0 aliphatic rings. The number of nitrogens with one attached hydrogen (secondary N) is 1. The largest absolute Gasteiger partial charge is 0.399 e. The smallest absolute Gasteiger partial charge is 0.255 e. The summed E-state index contributed by atoms with van der Waals surface area (Å²) in [6, 6.07) is 5.48. The van der Waals surface area contributed by atoms with E-state index >= 15 is 0 Å². The lowest BCUT2D eigenvalue weighted by atomic mass is 10.1. The second-order valence-electron chi connectivity index (χ2n) is 4.57. The minimum absolute atomic E-state index is 0.0386. The maximum absolute atomic E-state index is 12.0. The first-order valence-corrected chi connectivity index (χ1v) is 5.94. The van der Waals surface area contributed by atoms with Crippen molar-refractivity contribution < 1.29 is 4.79 Å². The van der Waals surface area contributed by atoms with Crippen LogP contribution >= 0.6 is 0 Å². The summed E-state index contributed by atoms with van der Waals surface area (Å²) >= 11 is 0. The Labute approximate surface area is 108 Å². The van der Waals surface area contributed by atoms with Crippen LogP contribution in [-0.4, -0.2) is 30.9 Å².